The van der Waals surface area contributed by atoms with Gasteiger partial charge in [0.2, 0.25) is 17.7 Å². The van der Waals surface area contributed by atoms with Crippen LogP contribution in [0, 0.1) is 22.7 Å². The smallest absolute Gasteiger partial charge is 0.230 e. The number of imide groups is 1. The Hall–Kier alpha value is -3.03. The largest absolute Gasteiger partial charge is 0.493 e. The van der Waals surface area contributed by atoms with Crippen molar-refractivity contribution >= 4 is 29.3 Å². The summed E-state index contributed by atoms with van der Waals surface area (Å²) in [5, 5.41) is 5.40. The molecule has 3 saturated carbocycles. The summed E-state index contributed by atoms with van der Waals surface area (Å²) in [6, 6.07) is 5.04. The summed E-state index contributed by atoms with van der Waals surface area (Å²) >= 11 is 0. The molecule has 8 nitrogen and oxygen atoms in total. The van der Waals surface area contributed by atoms with Gasteiger partial charge in [0, 0.05) is 36.8 Å². The first-order valence-corrected chi connectivity index (χ1v) is 13.2. The van der Waals surface area contributed by atoms with E-state index in [9.17, 15) is 24.0 Å². The SMILES string of the molecule is CC12CC(C(=O)NCCCCCOc3cccc4c3C(=O)CCC(C3CCC(=O)NC3=O)C4=O)(C1)C2. The Bertz CT molecular complexity index is 1110. The molecule has 4 fully saturated rings. The minimum Gasteiger partial charge on any atom is -0.493 e. The third kappa shape index (κ3) is 4.46. The molecule has 2 atom stereocenters. The second-order valence-electron chi connectivity index (χ2n) is 11.5. The van der Waals surface area contributed by atoms with Gasteiger partial charge in [-0.3, -0.25) is 29.3 Å². The van der Waals surface area contributed by atoms with Gasteiger partial charge in [-0.15, -0.1) is 0 Å². The van der Waals surface area contributed by atoms with Crippen molar-refractivity contribution in [3.63, 3.8) is 0 Å². The highest BCUT2D eigenvalue weighted by Crippen LogP contribution is 2.73. The van der Waals surface area contributed by atoms with E-state index in [4.69, 9.17) is 4.74 Å². The number of carbonyl (C=O) groups is 5. The lowest BCUT2D eigenvalue weighted by Crippen LogP contribution is -2.66. The van der Waals surface area contributed by atoms with E-state index in [0.29, 0.717) is 41.9 Å². The number of unbranched alkanes of at least 4 members (excludes halogenated alkanes) is 2. The molecule has 1 aromatic carbocycles. The zero-order valence-corrected chi connectivity index (χ0v) is 20.8. The number of piperidine rings is 1. The normalized spacial score (nSPS) is 30.9. The average molecular weight is 495 g/mol. The monoisotopic (exact) mass is 494 g/mol. The second-order valence-corrected chi connectivity index (χ2v) is 11.5. The number of carbonyl (C=O) groups excluding carboxylic acids is 5. The first-order chi connectivity index (χ1) is 17.2. The Kier molecular flexibility index (Phi) is 6.47. The molecule has 5 aliphatic rings. The van der Waals surface area contributed by atoms with Crippen molar-refractivity contribution in [2.75, 3.05) is 13.2 Å². The summed E-state index contributed by atoms with van der Waals surface area (Å²) in [6.07, 6.45) is 6.54. The van der Waals surface area contributed by atoms with E-state index in [1.165, 1.54) is 0 Å². The average Bonchev–Trinajstić information content (AvgIpc) is 2.93. The molecule has 3 amide bonds. The number of rotatable bonds is 9. The van der Waals surface area contributed by atoms with Gasteiger partial charge in [-0.25, -0.2) is 0 Å². The van der Waals surface area contributed by atoms with Gasteiger partial charge in [0.1, 0.15) is 5.75 Å². The van der Waals surface area contributed by atoms with E-state index in [-0.39, 0.29) is 48.1 Å². The van der Waals surface area contributed by atoms with Crippen molar-refractivity contribution in [1.82, 2.24) is 10.6 Å². The standard InChI is InChI=1S/C28H34N2O6/c1-27-14-28(15-27,16-27)26(35)29-12-3-2-4-13-36-21-7-5-6-19-23(21)20(31)10-8-17(24(19)33)18-9-11-22(32)30-25(18)34/h5-7,17-18H,2-4,8-16H2,1H3,(H,29,35)(H,30,32,34). The molecule has 2 unspecified atom stereocenters. The van der Waals surface area contributed by atoms with E-state index < -0.39 is 17.7 Å². The molecule has 4 aliphatic carbocycles. The summed E-state index contributed by atoms with van der Waals surface area (Å²) in [5.74, 6) is -1.76. The highest BCUT2D eigenvalue weighted by atomic mass is 16.5. The number of amides is 3. The van der Waals surface area contributed by atoms with Crippen LogP contribution >= 0.6 is 0 Å². The number of ether oxygens (including phenoxy) is 1. The Balaban J connectivity index is 1.12. The molecule has 1 heterocycles. The van der Waals surface area contributed by atoms with Crippen LogP contribution in [0.2, 0.25) is 0 Å². The summed E-state index contributed by atoms with van der Waals surface area (Å²) in [5.41, 5.74) is 0.943. The maximum atomic E-state index is 13.4. The van der Waals surface area contributed by atoms with Gasteiger partial charge < -0.3 is 10.1 Å². The molecule has 0 spiro atoms. The summed E-state index contributed by atoms with van der Waals surface area (Å²) < 4.78 is 5.94. The molecule has 0 aromatic heterocycles. The minimum atomic E-state index is -0.623. The fourth-order valence-corrected chi connectivity index (χ4v) is 6.88. The Labute approximate surface area is 210 Å². The lowest BCUT2D eigenvalue weighted by Gasteiger charge is -2.68. The lowest BCUT2D eigenvalue weighted by atomic mass is 9.35. The van der Waals surface area contributed by atoms with Crippen molar-refractivity contribution in [2.24, 2.45) is 22.7 Å². The minimum absolute atomic E-state index is 0.0792. The summed E-state index contributed by atoms with van der Waals surface area (Å²) in [4.78, 5) is 62.6. The van der Waals surface area contributed by atoms with Gasteiger partial charge in [-0.1, -0.05) is 19.1 Å². The zero-order valence-electron chi connectivity index (χ0n) is 20.8. The molecule has 2 bridgehead atoms. The van der Waals surface area contributed by atoms with E-state index in [0.717, 1.165) is 38.5 Å². The second kappa shape index (κ2) is 9.45. The molecule has 1 saturated heterocycles. The molecule has 8 heteroatoms. The lowest BCUT2D eigenvalue weighted by molar-refractivity contribution is -0.199. The number of benzene rings is 1. The first kappa shape index (κ1) is 24.7. The maximum Gasteiger partial charge on any atom is 0.230 e. The molecular formula is C28H34N2O6. The van der Waals surface area contributed by atoms with Crippen LogP contribution in [0.3, 0.4) is 0 Å². The summed E-state index contributed by atoms with van der Waals surface area (Å²) in [6.45, 7) is 3.31. The van der Waals surface area contributed by atoms with Gasteiger partial charge in [0.15, 0.2) is 11.6 Å². The van der Waals surface area contributed by atoms with Crippen LogP contribution in [0.25, 0.3) is 0 Å². The molecule has 2 N–H and O–H groups in total. The number of hydrogen-bond donors (Lipinski definition) is 2. The van der Waals surface area contributed by atoms with Crippen molar-refractivity contribution in [3.8, 4) is 5.75 Å². The number of Topliss-reactive ketones (excluding diaryl/α,β-unsaturated/α-hetero) is 2. The number of fused-ring (bicyclic) bond motifs is 1. The topological polar surface area (TPSA) is 119 Å². The predicted octanol–water partition coefficient (Wildman–Crippen LogP) is 3.37. The van der Waals surface area contributed by atoms with E-state index >= 15 is 0 Å². The van der Waals surface area contributed by atoms with Crippen LogP contribution < -0.4 is 15.4 Å². The van der Waals surface area contributed by atoms with Gasteiger partial charge in [0.25, 0.3) is 0 Å². The van der Waals surface area contributed by atoms with Crippen LogP contribution in [0.15, 0.2) is 18.2 Å². The number of hydrogen-bond acceptors (Lipinski definition) is 6. The highest BCUT2D eigenvalue weighted by Gasteiger charge is 2.68. The van der Waals surface area contributed by atoms with Gasteiger partial charge in [-0.05, 0) is 62.8 Å². The Morgan fingerprint density at radius 1 is 1.03 bits per heavy atom. The number of ketones is 2. The van der Waals surface area contributed by atoms with Gasteiger partial charge >= 0.3 is 0 Å². The Morgan fingerprint density at radius 2 is 1.78 bits per heavy atom. The van der Waals surface area contributed by atoms with Crippen LogP contribution in [0.5, 0.6) is 5.75 Å². The van der Waals surface area contributed by atoms with E-state index in [1.807, 2.05) is 0 Å². The summed E-state index contributed by atoms with van der Waals surface area (Å²) in [7, 11) is 0. The molecule has 1 aliphatic heterocycles. The van der Waals surface area contributed by atoms with Gasteiger partial charge in [0.05, 0.1) is 17.6 Å². The third-order valence-electron chi connectivity index (χ3n) is 8.50. The van der Waals surface area contributed by atoms with E-state index in [1.54, 1.807) is 18.2 Å². The predicted molar refractivity (Wildman–Crippen MR) is 130 cm³/mol. The molecule has 192 valence electrons. The number of nitrogens with one attached hydrogen (secondary N) is 2. The Morgan fingerprint density at radius 3 is 2.50 bits per heavy atom. The van der Waals surface area contributed by atoms with Gasteiger partial charge in [-0.2, -0.15) is 0 Å². The fourth-order valence-electron chi connectivity index (χ4n) is 6.88. The molecule has 6 rings (SSSR count). The molecule has 36 heavy (non-hydrogen) atoms. The van der Waals surface area contributed by atoms with Crippen LogP contribution in [-0.2, 0) is 14.4 Å². The highest BCUT2D eigenvalue weighted by molar-refractivity contribution is 6.14. The van der Waals surface area contributed by atoms with Crippen molar-refractivity contribution < 1.29 is 28.7 Å². The molecule has 1 aromatic rings. The molecular weight excluding hydrogens is 460 g/mol. The molecule has 0 radical (unpaired) electrons. The van der Waals surface area contributed by atoms with Crippen molar-refractivity contribution in [1.29, 1.82) is 0 Å². The van der Waals surface area contributed by atoms with Crippen LogP contribution in [0.4, 0.5) is 0 Å². The fraction of sp³-hybridized carbons (Fsp3) is 0.607. The van der Waals surface area contributed by atoms with E-state index in [2.05, 4.69) is 17.6 Å². The van der Waals surface area contributed by atoms with Crippen molar-refractivity contribution in [2.45, 2.75) is 71.1 Å². The van der Waals surface area contributed by atoms with Crippen LogP contribution in [0.1, 0.15) is 91.8 Å². The van der Waals surface area contributed by atoms with Crippen molar-refractivity contribution in [3.05, 3.63) is 29.3 Å². The maximum absolute atomic E-state index is 13.4. The van der Waals surface area contributed by atoms with Crippen LogP contribution in [-0.4, -0.2) is 42.4 Å². The third-order valence-corrected chi connectivity index (χ3v) is 8.50. The quantitative estimate of drug-likeness (QED) is 0.309. The first-order valence-electron chi connectivity index (χ1n) is 13.2. The zero-order chi connectivity index (χ0) is 25.5.